The highest BCUT2D eigenvalue weighted by atomic mass is 16.1. The van der Waals surface area contributed by atoms with Gasteiger partial charge in [-0.3, -0.25) is 4.79 Å². The van der Waals surface area contributed by atoms with Crippen molar-refractivity contribution in [2.75, 3.05) is 5.73 Å². The largest absolute Gasteiger partial charge is 0.383 e. The van der Waals surface area contributed by atoms with Gasteiger partial charge in [-0.05, 0) is 30.4 Å². The highest BCUT2D eigenvalue weighted by Crippen LogP contribution is 2.38. The van der Waals surface area contributed by atoms with Crippen LogP contribution in [0.25, 0.3) is 0 Å². The van der Waals surface area contributed by atoms with E-state index in [1.165, 1.54) is 0 Å². The van der Waals surface area contributed by atoms with Gasteiger partial charge in [0.15, 0.2) is 0 Å². The normalized spacial score (nSPS) is 25.9. The van der Waals surface area contributed by atoms with Crippen molar-refractivity contribution in [2.45, 2.75) is 32.6 Å². The Morgan fingerprint density at radius 3 is 2.87 bits per heavy atom. The molecule has 1 heterocycles. The Balaban J connectivity index is 2.37. The number of carbonyl (C=O) groups is 1. The topological polar surface area (TPSA) is 56.0 Å². The first-order valence-electron chi connectivity index (χ1n) is 5.34. The molecule has 2 rings (SSSR count). The maximum absolute atomic E-state index is 11.5. The van der Waals surface area contributed by atoms with Crippen LogP contribution in [-0.4, -0.2) is 10.8 Å². The third kappa shape index (κ3) is 1.74. The van der Waals surface area contributed by atoms with Crippen LogP contribution < -0.4 is 5.73 Å². The van der Waals surface area contributed by atoms with Crippen LogP contribution in [0.4, 0.5) is 5.82 Å². The van der Waals surface area contributed by atoms with Crippen molar-refractivity contribution in [2.24, 2.45) is 5.92 Å². The van der Waals surface area contributed by atoms with E-state index in [1.54, 1.807) is 6.20 Å². The fourth-order valence-electron chi connectivity index (χ4n) is 2.32. The highest BCUT2D eigenvalue weighted by Gasteiger charge is 2.33. The minimum absolute atomic E-state index is 0.0934. The lowest BCUT2D eigenvalue weighted by molar-refractivity contribution is -0.120. The molecule has 0 amide bonds. The molecule has 2 atom stereocenters. The van der Waals surface area contributed by atoms with E-state index >= 15 is 0 Å². The van der Waals surface area contributed by atoms with Crippen molar-refractivity contribution in [3.63, 3.8) is 0 Å². The van der Waals surface area contributed by atoms with Crippen LogP contribution in [0, 0.1) is 12.8 Å². The van der Waals surface area contributed by atoms with Crippen LogP contribution in [0.15, 0.2) is 12.3 Å². The number of nitrogens with zero attached hydrogens (tertiary/aromatic N) is 1. The number of nitrogen functional groups attached to an aromatic ring is 1. The van der Waals surface area contributed by atoms with Gasteiger partial charge in [0.05, 0.1) is 0 Å². The standard InChI is InChI=1S/C12H16N2O/c1-7-5-10(12(13)14-6-7)9-3-4-11(15)8(9)2/h5-6,8-9H,3-4H2,1-2H3,(H2,13,14). The number of aryl methyl sites for hydroxylation is 1. The van der Waals surface area contributed by atoms with Gasteiger partial charge in [0.1, 0.15) is 11.6 Å². The Kier molecular flexibility index (Phi) is 2.47. The molecule has 1 saturated carbocycles. The summed E-state index contributed by atoms with van der Waals surface area (Å²) in [4.78, 5) is 15.6. The molecular formula is C12H16N2O. The smallest absolute Gasteiger partial charge is 0.136 e. The minimum atomic E-state index is 0.0934. The number of aromatic nitrogens is 1. The lowest BCUT2D eigenvalue weighted by atomic mass is 9.89. The fourth-order valence-corrected chi connectivity index (χ4v) is 2.32. The summed E-state index contributed by atoms with van der Waals surface area (Å²) in [7, 11) is 0. The monoisotopic (exact) mass is 204 g/mol. The molecule has 15 heavy (non-hydrogen) atoms. The van der Waals surface area contributed by atoms with E-state index < -0.39 is 0 Å². The summed E-state index contributed by atoms with van der Waals surface area (Å²) in [5, 5.41) is 0. The summed E-state index contributed by atoms with van der Waals surface area (Å²) in [5.41, 5.74) is 8.01. The number of hydrogen-bond donors (Lipinski definition) is 1. The van der Waals surface area contributed by atoms with Crippen molar-refractivity contribution in [3.05, 3.63) is 23.4 Å². The molecule has 0 radical (unpaired) electrons. The zero-order valence-electron chi connectivity index (χ0n) is 9.16. The van der Waals surface area contributed by atoms with E-state index in [9.17, 15) is 4.79 Å². The minimum Gasteiger partial charge on any atom is -0.383 e. The number of carbonyl (C=O) groups excluding carboxylic acids is 1. The summed E-state index contributed by atoms with van der Waals surface area (Å²) in [6, 6.07) is 2.06. The van der Waals surface area contributed by atoms with Gasteiger partial charge in [-0.15, -0.1) is 0 Å². The number of ketones is 1. The van der Waals surface area contributed by atoms with Gasteiger partial charge in [-0.25, -0.2) is 4.98 Å². The van der Waals surface area contributed by atoms with E-state index in [2.05, 4.69) is 11.1 Å². The summed E-state index contributed by atoms with van der Waals surface area (Å²) in [6.07, 6.45) is 3.36. The molecule has 1 aromatic rings. The average Bonchev–Trinajstić information content (AvgIpc) is 2.52. The number of anilines is 1. The summed E-state index contributed by atoms with van der Waals surface area (Å²) < 4.78 is 0. The molecule has 0 spiro atoms. The summed E-state index contributed by atoms with van der Waals surface area (Å²) in [5.74, 6) is 1.29. The molecule has 0 bridgehead atoms. The van der Waals surface area contributed by atoms with Crippen LogP contribution in [-0.2, 0) is 4.79 Å². The van der Waals surface area contributed by atoms with Crippen molar-refractivity contribution in [3.8, 4) is 0 Å². The van der Waals surface area contributed by atoms with Crippen LogP contribution in [0.3, 0.4) is 0 Å². The van der Waals surface area contributed by atoms with Crippen LogP contribution in [0.5, 0.6) is 0 Å². The third-order valence-corrected chi connectivity index (χ3v) is 3.30. The molecule has 2 unspecified atom stereocenters. The second-order valence-corrected chi connectivity index (χ2v) is 4.39. The molecular weight excluding hydrogens is 188 g/mol. The number of hydrogen-bond acceptors (Lipinski definition) is 3. The molecule has 80 valence electrons. The predicted octanol–water partition coefficient (Wildman–Crippen LogP) is 2.05. The molecule has 1 fully saturated rings. The first kappa shape index (κ1) is 10.1. The molecule has 0 aromatic carbocycles. The summed E-state index contributed by atoms with van der Waals surface area (Å²) in [6.45, 7) is 3.99. The van der Waals surface area contributed by atoms with Crippen LogP contribution in [0.1, 0.15) is 36.8 Å². The molecule has 3 nitrogen and oxygen atoms in total. The van der Waals surface area contributed by atoms with E-state index in [0.29, 0.717) is 18.0 Å². The van der Waals surface area contributed by atoms with Gasteiger partial charge in [-0.2, -0.15) is 0 Å². The van der Waals surface area contributed by atoms with E-state index in [1.807, 2.05) is 13.8 Å². The van der Waals surface area contributed by atoms with Gasteiger partial charge in [-0.1, -0.05) is 13.0 Å². The SMILES string of the molecule is Cc1cnc(N)c(C2CCC(=O)C2C)c1. The van der Waals surface area contributed by atoms with E-state index in [0.717, 1.165) is 17.5 Å². The Morgan fingerprint density at radius 2 is 2.27 bits per heavy atom. The maximum Gasteiger partial charge on any atom is 0.136 e. The van der Waals surface area contributed by atoms with Gasteiger partial charge in [0.25, 0.3) is 0 Å². The lowest BCUT2D eigenvalue weighted by Crippen LogP contribution is -2.11. The first-order chi connectivity index (χ1) is 7.09. The zero-order chi connectivity index (χ0) is 11.0. The van der Waals surface area contributed by atoms with E-state index in [4.69, 9.17) is 5.73 Å². The second kappa shape index (κ2) is 3.65. The Labute approximate surface area is 89.7 Å². The maximum atomic E-state index is 11.5. The number of nitrogens with two attached hydrogens (primary N) is 1. The van der Waals surface area contributed by atoms with E-state index in [-0.39, 0.29) is 11.8 Å². The van der Waals surface area contributed by atoms with Gasteiger partial charge in [0, 0.05) is 18.5 Å². The van der Waals surface area contributed by atoms with Crippen molar-refractivity contribution in [1.82, 2.24) is 4.98 Å². The molecule has 1 aliphatic rings. The van der Waals surface area contributed by atoms with Gasteiger partial charge in [0.2, 0.25) is 0 Å². The average molecular weight is 204 g/mol. The molecule has 3 heteroatoms. The molecule has 2 N–H and O–H groups in total. The van der Waals surface area contributed by atoms with Gasteiger partial charge >= 0.3 is 0 Å². The Morgan fingerprint density at radius 1 is 1.53 bits per heavy atom. The van der Waals surface area contributed by atoms with Gasteiger partial charge < -0.3 is 5.73 Å². The number of rotatable bonds is 1. The Bertz CT molecular complexity index is 401. The fraction of sp³-hybridized carbons (Fsp3) is 0.500. The third-order valence-electron chi connectivity index (χ3n) is 3.30. The molecule has 1 aliphatic carbocycles. The predicted molar refractivity (Wildman–Crippen MR) is 59.5 cm³/mol. The lowest BCUT2D eigenvalue weighted by Gasteiger charge is -2.16. The quantitative estimate of drug-likeness (QED) is 0.761. The summed E-state index contributed by atoms with van der Waals surface area (Å²) >= 11 is 0. The molecule has 0 saturated heterocycles. The van der Waals surface area contributed by atoms with Crippen molar-refractivity contribution >= 4 is 11.6 Å². The second-order valence-electron chi connectivity index (χ2n) is 4.39. The van der Waals surface area contributed by atoms with Crippen LogP contribution >= 0.6 is 0 Å². The number of pyridine rings is 1. The van der Waals surface area contributed by atoms with Crippen molar-refractivity contribution in [1.29, 1.82) is 0 Å². The highest BCUT2D eigenvalue weighted by molar-refractivity contribution is 5.84. The Hall–Kier alpha value is -1.38. The molecule has 0 aliphatic heterocycles. The van der Waals surface area contributed by atoms with Crippen molar-refractivity contribution < 1.29 is 4.79 Å². The molecule has 1 aromatic heterocycles. The number of Topliss-reactive ketones (excluding diaryl/α,β-unsaturated/α-hetero) is 1. The zero-order valence-corrected chi connectivity index (χ0v) is 9.16. The van der Waals surface area contributed by atoms with Crippen LogP contribution in [0.2, 0.25) is 0 Å². The first-order valence-corrected chi connectivity index (χ1v) is 5.34.